The number of benzene rings is 1. The zero-order chi connectivity index (χ0) is 19.0. The van der Waals surface area contributed by atoms with Crippen LogP contribution in [0.3, 0.4) is 0 Å². The highest BCUT2D eigenvalue weighted by Crippen LogP contribution is 2.40. The number of carbonyl (C=O) groups excluding carboxylic acids is 1. The van der Waals surface area contributed by atoms with E-state index < -0.39 is 24.5 Å². The Kier molecular flexibility index (Phi) is 4.59. The molecule has 1 atom stereocenters. The van der Waals surface area contributed by atoms with Crippen LogP contribution in [0.1, 0.15) is 35.4 Å². The van der Waals surface area contributed by atoms with Crippen LogP contribution >= 0.6 is 0 Å². The molecule has 1 aromatic carbocycles. The predicted octanol–water partition coefficient (Wildman–Crippen LogP) is 2.82. The monoisotopic (exact) mass is 377 g/mol. The SMILES string of the molecule is O=C(OCc1ccccc1)N1CCc2nn3c(c2C1)C(F)(F)CC(O)CC3. The molecule has 0 radical (unpaired) electrons. The Hall–Kier alpha value is -2.48. The Morgan fingerprint density at radius 3 is 2.85 bits per heavy atom. The molecular weight excluding hydrogens is 356 g/mol. The van der Waals surface area contributed by atoms with Crippen molar-refractivity contribution in [2.75, 3.05) is 6.54 Å². The van der Waals surface area contributed by atoms with Gasteiger partial charge in [0.25, 0.3) is 5.92 Å². The molecule has 8 heteroatoms. The lowest BCUT2D eigenvalue weighted by Gasteiger charge is -2.27. The first kappa shape index (κ1) is 17.9. The molecule has 1 aromatic heterocycles. The highest BCUT2D eigenvalue weighted by Gasteiger charge is 2.44. The molecule has 144 valence electrons. The quantitative estimate of drug-likeness (QED) is 0.874. The van der Waals surface area contributed by atoms with Gasteiger partial charge in [0.2, 0.25) is 0 Å². The molecule has 2 aromatic rings. The van der Waals surface area contributed by atoms with Gasteiger partial charge in [-0.3, -0.25) is 4.68 Å². The Morgan fingerprint density at radius 1 is 1.30 bits per heavy atom. The summed E-state index contributed by atoms with van der Waals surface area (Å²) in [6, 6.07) is 9.29. The third-order valence-corrected chi connectivity index (χ3v) is 5.08. The van der Waals surface area contributed by atoms with Crippen LogP contribution in [0, 0.1) is 0 Å². The van der Waals surface area contributed by atoms with Gasteiger partial charge in [0.15, 0.2) is 0 Å². The topological polar surface area (TPSA) is 67.6 Å². The number of rotatable bonds is 2. The van der Waals surface area contributed by atoms with Gasteiger partial charge in [0, 0.05) is 31.5 Å². The van der Waals surface area contributed by atoms with Gasteiger partial charge in [-0.1, -0.05) is 30.3 Å². The fraction of sp³-hybridized carbons (Fsp3) is 0.474. The van der Waals surface area contributed by atoms with E-state index in [0.29, 0.717) is 24.2 Å². The van der Waals surface area contributed by atoms with E-state index >= 15 is 0 Å². The minimum atomic E-state index is -3.17. The molecule has 2 aliphatic rings. The van der Waals surface area contributed by atoms with E-state index in [0.717, 1.165) is 5.56 Å². The van der Waals surface area contributed by atoms with Crippen molar-refractivity contribution in [3.63, 3.8) is 0 Å². The molecule has 1 amide bonds. The van der Waals surface area contributed by atoms with Crippen LogP contribution in [0.2, 0.25) is 0 Å². The summed E-state index contributed by atoms with van der Waals surface area (Å²) >= 11 is 0. The van der Waals surface area contributed by atoms with Crippen molar-refractivity contribution >= 4 is 6.09 Å². The minimum absolute atomic E-state index is 0.0456. The average molecular weight is 377 g/mol. The summed E-state index contributed by atoms with van der Waals surface area (Å²) < 4.78 is 36.0. The maximum atomic E-state index is 14.7. The molecule has 1 unspecified atom stereocenters. The first-order chi connectivity index (χ1) is 12.9. The summed E-state index contributed by atoms with van der Waals surface area (Å²) in [6.45, 7) is 0.810. The van der Waals surface area contributed by atoms with Gasteiger partial charge < -0.3 is 14.7 Å². The molecule has 3 heterocycles. The van der Waals surface area contributed by atoms with Crippen molar-refractivity contribution in [3.8, 4) is 0 Å². The Bertz CT molecular complexity index is 838. The second-order valence-corrected chi connectivity index (χ2v) is 7.06. The third kappa shape index (κ3) is 3.53. The molecule has 0 saturated carbocycles. The minimum Gasteiger partial charge on any atom is -0.445 e. The van der Waals surface area contributed by atoms with Gasteiger partial charge in [-0.05, 0) is 12.0 Å². The Morgan fingerprint density at radius 2 is 2.07 bits per heavy atom. The van der Waals surface area contributed by atoms with Crippen molar-refractivity contribution < 1.29 is 23.4 Å². The second-order valence-electron chi connectivity index (χ2n) is 7.06. The van der Waals surface area contributed by atoms with Gasteiger partial charge in [-0.15, -0.1) is 0 Å². The van der Waals surface area contributed by atoms with Crippen molar-refractivity contribution in [1.82, 2.24) is 14.7 Å². The molecule has 4 rings (SSSR count). The molecule has 27 heavy (non-hydrogen) atoms. The van der Waals surface area contributed by atoms with Crippen LogP contribution in [0.5, 0.6) is 0 Å². The molecule has 6 nitrogen and oxygen atoms in total. The molecule has 0 aliphatic carbocycles. The highest BCUT2D eigenvalue weighted by molar-refractivity contribution is 5.68. The fourth-order valence-electron chi connectivity index (χ4n) is 3.73. The predicted molar refractivity (Wildman–Crippen MR) is 92.1 cm³/mol. The molecule has 0 fully saturated rings. The summed E-state index contributed by atoms with van der Waals surface area (Å²) in [5.41, 5.74) is 1.68. The molecule has 0 bridgehead atoms. The van der Waals surface area contributed by atoms with Gasteiger partial charge in [0.05, 0.1) is 18.3 Å². The van der Waals surface area contributed by atoms with Crippen molar-refractivity contribution in [2.45, 2.75) is 51.0 Å². The number of aliphatic hydroxyl groups is 1. The first-order valence-corrected chi connectivity index (χ1v) is 9.04. The maximum absolute atomic E-state index is 14.7. The highest BCUT2D eigenvalue weighted by atomic mass is 19.3. The lowest BCUT2D eigenvalue weighted by Crippen LogP contribution is -2.37. The lowest BCUT2D eigenvalue weighted by molar-refractivity contribution is -0.0509. The van der Waals surface area contributed by atoms with Crippen LogP contribution in [0.4, 0.5) is 13.6 Å². The number of aliphatic hydroxyl groups excluding tert-OH is 1. The van der Waals surface area contributed by atoms with E-state index in [4.69, 9.17) is 4.74 Å². The molecular formula is C19H21F2N3O3. The standard InChI is InChI=1S/C19H21F2N3O3/c20-19(21)10-14(25)6-9-24-17(19)15-11-23(8-7-16(15)22-24)18(26)27-12-13-4-2-1-3-5-13/h1-5,14,25H,6-12H2. The largest absolute Gasteiger partial charge is 0.445 e. The third-order valence-electron chi connectivity index (χ3n) is 5.08. The summed E-state index contributed by atoms with van der Waals surface area (Å²) in [7, 11) is 0. The van der Waals surface area contributed by atoms with Crippen LogP contribution in [-0.2, 0) is 36.8 Å². The number of hydrogen-bond acceptors (Lipinski definition) is 4. The molecule has 1 N–H and O–H groups in total. The second kappa shape index (κ2) is 6.92. The number of halogens is 2. The Labute approximate surface area is 155 Å². The lowest BCUT2D eigenvalue weighted by atomic mass is 9.99. The molecule has 0 saturated heterocycles. The summed E-state index contributed by atoms with van der Waals surface area (Å²) in [5.74, 6) is -3.17. The summed E-state index contributed by atoms with van der Waals surface area (Å²) in [6.07, 6.45) is -1.56. The van der Waals surface area contributed by atoms with Crippen molar-refractivity contribution in [1.29, 1.82) is 0 Å². The molecule has 2 aliphatic heterocycles. The smallest absolute Gasteiger partial charge is 0.410 e. The van der Waals surface area contributed by atoms with E-state index in [9.17, 15) is 18.7 Å². The molecule has 0 spiro atoms. The Balaban J connectivity index is 1.51. The van der Waals surface area contributed by atoms with E-state index in [1.807, 2.05) is 30.3 Å². The number of carbonyl (C=O) groups is 1. The van der Waals surface area contributed by atoms with Crippen LogP contribution < -0.4 is 0 Å². The number of aryl methyl sites for hydroxylation is 1. The van der Waals surface area contributed by atoms with Crippen LogP contribution in [0.25, 0.3) is 0 Å². The zero-order valence-corrected chi connectivity index (χ0v) is 14.8. The van der Waals surface area contributed by atoms with E-state index in [-0.39, 0.29) is 31.8 Å². The van der Waals surface area contributed by atoms with Crippen LogP contribution in [0.15, 0.2) is 30.3 Å². The van der Waals surface area contributed by atoms with E-state index in [2.05, 4.69) is 5.10 Å². The number of aromatic nitrogens is 2. The summed E-state index contributed by atoms with van der Waals surface area (Å²) in [4.78, 5) is 13.8. The van der Waals surface area contributed by atoms with Gasteiger partial charge >= 0.3 is 6.09 Å². The van der Waals surface area contributed by atoms with E-state index in [1.165, 1.54) is 9.58 Å². The average Bonchev–Trinajstić information content (AvgIpc) is 2.98. The van der Waals surface area contributed by atoms with Gasteiger partial charge in [-0.25, -0.2) is 4.79 Å². The van der Waals surface area contributed by atoms with Crippen molar-refractivity contribution in [2.24, 2.45) is 0 Å². The summed E-state index contributed by atoms with van der Waals surface area (Å²) in [5, 5.41) is 14.0. The maximum Gasteiger partial charge on any atom is 0.410 e. The fourth-order valence-corrected chi connectivity index (χ4v) is 3.73. The normalized spacial score (nSPS) is 21.1. The van der Waals surface area contributed by atoms with Crippen molar-refractivity contribution in [3.05, 3.63) is 52.8 Å². The number of ether oxygens (including phenoxy) is 1. The van der Waals surface area contributed by atoms with Gasteiger partial charge in [0.1, 0.15) is 12.3 Å². The first-order valence-electron chi connectivity index (χ1n) is 9.04. The van der Waals surface area contributed by atoms with Crippen LogP contribution in [-0.4, -0.2) is 38.5 Å². The number of alkyl halides is 2. The van der Waals surface area contributed by atoms with Gasteiger partial charge in [-0.2, -0.15) is 13.9 Å². The number of fused-ring (bicyclic) bond motifs is 3. The number of nitrogens with zero attached hydrogens (tertiary/aromatic N) is 3. The van der Waals surface area contributed by atoms with E-state index in [1.54, 1.807) is 0 Å². The number of hydrogen-bond donors (Lipinski definition) is 1. The zero-order valence-electron chi connectivity index (χ0n) is 14.8. The number of amides is 1.